The van der Waals surface area contributed by atoms with Crippen LogP contribution < -0.4 is 20.7 Å². The van der Waals surface area contributed by atoms with Gasteiger partial charge in [-0.25, -0.2) is 4.79 Å². The second kappa shape index (κ2) is 13.4. The minimum Gasteiger partial charge on any atom is -0.497 e. The summed E-state index contributed by atoms with van der Waals surface area (Å²) < 4.78 is 31.2. The van der Waals surface area contributed by atoms with Crippen molar-refractivity contribution >= 4 is 0 Å². The minimum atomic E-state index is -1.13. The Balaban J connectivity index is 1.57. The fraction of sp³-hybridized carbons (Fsp3) is 0.333. The highest BCUT2D eigenvalue weighted by molar-refractivity contribution is 5.49. The van der Waals surface area contributed by atoms with Gasteiger partial charge in [0.2, 0.25) is 0 Å². The lowest BCUT2D eigenvalue weighted by atomic mass is 9.80. The molecular weight excluding hydrogens is 552 g/mol. The highest BCUT2D eigenvalue weighted by Gasteiger charge is 2.48. The number of rotatable bonds is 12. The molecule has 4 atom stereocenters. The zero-order valence-corrected chi connectivity index (χ0v) is 24.3. The number of aromatic amines is 1. The van der Waals surface area contributed by atoms with Gasteiger partial charge >= 0.3 is 5.69 Å². The molecule has 0 aliphatic carbocycles. The van der Waals surface area contributed by atoms with Crippen LogP contribution in [0.3, 0.4) is 0 Å². The van der Waals surface area contributed by atoms with Crippen molar-refractivity contribution in [2.24, 2.45) is 0 Å². The fourth-order valence-corrected chi connectivity index (χ4v) is 5.42. The number of nitrogens with zero attached hydrogens (tertiary/aromatic N) is 1. The molecule has 3 aromatic carbocycles. The van der Waals surface area contributed by atoms with E-state index in [4.69, 9.17) is 23.7 Å². The van der Waals surface area contributed by atoms with Crippen molar-refractivity contribution < 1.29 is 28.8 Å². The van der Waals surface area contributed by atoms with Crippen molar-refractivity contribution in [2.75, 3.05) is 27.4 Å². The molecule has 0 radical (unpaired) electrons. The van der Waals surface area contributed by atoms with Gasteiger partial charge < -0.3 is 28.8 Å². The van der Waals surface area contributed by atoms with E-state index in [1.54, 1.807) is 14.2 Å². The number of hydrogen-bond donors (Lipinski definition) is 2. The first kappa shape index (κ1) is 30.2. The fourth-order valence-electron chi connectivity index (χ4n) is 5.42. The Hall–Kier alpha value is -4.22. The first-order valence-electron chi connectivity index (χ1n) is 14.2. The Morgan fingerprint density at radius 2 is 1.44 bits per heavy atom. The van der Waals surface area contributed by atoms with Crippen LogP contribution in [0.4, 0.5) is 0 Å². The second-order valence-corrected chi connectivity index (χ2v) is 10.2. The monoisotopic (exact) mass is 588 g/mol. The number of ether oxygens (including phenoxy) is 5. The van der Waals surface area contributed by atoms with Crippen LogP contribution in [0.15, 0.2) is 101 Å². The average molecular weight is 589 g/mol. The van der Waals surface area contributed by atoms with E-state index in [1.807, 2.05) is 85.8 Å². The van der Waals surface area contributed by atoms with E-state index in [2.05, 4.69) is 4.98 Å². The number of aromatic nitrogens is 2. The van der Waals surface area contributed by atoms with Crippen molar-refractivity contribution in [1.29, 1.82) is 0 Å². The maximum absolute atomic E-state index is 12.7. The van der Waals surface area contributed by atoms with E-state index in [0.717, 1.165) is 16.7 Å². The van der Waals surface area contributed by atoms with Crippen molar-refractivity contribution in [3.8, 4) is 11.5 Å². The summed E-state index contributed by atoms with van der Waals surface area (Å²) in [6, 6.07) is 26.2. The largest absolute Gasteiger partial charge is 0.497 e. The molecule has 1 aliphatic rings. The molecule has 1 fully saturated rings. The summed E-state index contributed by atoms with van der Waals surface area (Å²) in [4.78, 5) is 26.6. The molecule has 1 aliphatic heterocycles. The Bertz CT molecular complexity index is 1540. The van der Waals surface area contributed by atoms with Crippen LogP contribution in [0.25, 0.3) is 0 Å². The number of benzene rings is 3. The van der Waals surface area contributed by atoms with E-state index in [1.165, 1.54) is 16.8 Å². The third-order valence-corrected chi connectivity index (χ3v) is 7.59. The SMILES string of the molecule is CCCOC1C(O)[C@H](COC(c2ccccc2)(c2ccc(OC)cc2)c2ccc(OC)cc2)O[C@@H]1n1ccc(=O)[nH]c1=O. The molecule has 0 saturated carbocycles. The van der Waals surface area contributed by atoms with Crippen molar-refractivity contribution in [3.05, 3.63) is 129 Å². The van der Waals surface area contributed by atoms with Crippen LogP contribution in [0.2, 0.25) is 0 Å². The van der Waals surface area contributed by atoms with Crippen LogP contribution in [0.5, 0.6) is 11.5 Å². The van der Waals surface area contributed by atoms with Crippen molar-refractivity contribution in [1.82, 2.24) is 9.55 Å². The van der Waals surface area contributed by atoms with Crippen LogP contribution in [-0.2, 0) is 19.8 Å². The smallest absolute Gasteiger partial charge is 0.330 e. The molecule has 0 amide bonds. The summed E-state index contributed by atoms with van der Waals surface area (Å²) in [5.41, 5.74) is 0.178. The van der Waals surface area contributed by atoms with Gasteiger partial charge in [-0.3, -0.25) is 14.3 Å². The number of methoxy groups -OCH3 is 2. The molecule has 2 heterocycles. The zero-order chi connectivity index (χ0) is 30.4. The lowest BCUT2D eigenvalue weighted by Gasteiger charge is -2.37. The maximum Gasteiger partial charge on any atom is 0.330 e. The summed E-state index contributed by atoms with van der Waals surface area (Å²) >= 11 is 0. The number of aliphatic hydroxyl groups is 1. The van der Waals surface area contributed by atoms with Crippen LogP contribution in [0, 0.1) is 0 Å². The molecule has 0 bridgehead atoms. The quantitative estimate of drug-likeness (QED) is 0.241. The van der Waals surface area contributed by atoms with Gasteiger partial charge in [0.1, 0.15) is 35.4 Å². The molecule has 226 valence electrons. The van der Waals surface area contributed by atoms with E-state index in [9.17, 15) is 14.7 Å². The topological polar surface area (TPSA) is 121 Å². The lowest BCUT2D eigenvalue weighted by molar-refractivity contribution is -0.0981. The summed E-state index contributed by atoms with van der Waals surface area (Å²) in [6.07, 6.45) is -1.81. The molecule has 4 aromatic rings. The Labute approximate surface area is 249 Å². The van der Waals surface area contributed by atoms with E-state index in [-0.39, 0.29) is 6.61 Å². The number of aliphatic hydroxyl groups excluding tert-OH is 1. The summed E-state index contributed by atoms with van der Waals surface area (Å²) in [7, 11) is 3.22. The minimum absolute atomic E-state index is 0.0608. The van der Waals surface area contributed by atoms with Gasteiger partial charge in [0.05, 0.1) is 20.8 Å². The molecule has 1 aromatic heterocycles. The van der Waals surface area contributed by atoms with Gasteiger partial charge in [-0.15, -0.1) is 0 Å². The Morgan fingerprint density at radius 3 is 1.98 bits per heavy atom. The molecular formula is C33H36N2O8. The molecule has 1 saturated heterocycles. The zero-order valence-electron chi connectivity index (χ0n) is 24.3. The maximum atomic E-state index is 12.7. The first-order valence-corrected chi connectivity index (χ1v) is 14.2. The Morgan fingerprint density at radius 1 is 0.860 bits per heavy atom. The molecule has 2 unspecified atom stereocenters. The molecule has 10 nitrogen and oxygen atoms in total. The predicted molar refractivity (Wildman–Crippen MR) is 160 cm³/mol. The summed E-state index contributed by atoms with van der Waals surface area (Å²) in [5, 5.41) is 11.4. The lowest BCUT2D eigenvalue weighted by Crippen LogP contribution is -2.41. The van der Waals surface area contributed by atoms with Gasteiger partial charge in [-0.1, -0.05) is 61.5 Å². The van der Waals surface area contributed by atoms with Crippen molar-refractivity contribution in [3.63, 3.8) is 0 Å². The highest BCUT2D eigenvalue weighted by atomic mass is 16.6. The predicted octanol–water partition coefficient (Wildman–Crippen LogP) is 3.62. The van der Waals surface area contributed by atoms with E-state index >= 15 is 0 Å². The number of hydrogen-bond acceptors (Lipinski definition) is 8. The molecule has 5 rings (SSSR count). The van der Waals surface area contributed by atoms with Gasteiger partial charge in [-0.05, 0) is 47.4 Å². The van der Waals surface area contributed by atoms with Crippen LogP contribution in [-0.4, -0.2) is 60.4 Å². The molecule has 10 heteroatoms. The third kappa shape index (κ3) is 6.14. The number of nitrogens with one attached hydrogen (secondary N) is 1. The Kier molecular flexibility index (Phi) is 9.42. The van der Waals surface area contributed by atoms with Gasteiger partial charge in [0.15, 0.2) is 6.23 Å². The van der Waals surface area contributed by atoms with Gasteiger partial charge in [0, 0.05) is 18.9 Å². The van der Waals surface area contributed by atoms with Crippen LogP contribution in [0.1, 0.15) is 36.3 Å². The summed E-state index contributed by atoms with van der Waals surface area (Å²) in [6.45, 7) is 2.23. The second-order valence-electron chi connectivity index (χ2n) is 10.2. The average Bonchev–Trinajstić information content (AvgIpc) is 3.35. The van der Waals surface area contributed by atoms with Gasteiger partial charge in [-0.2, -0.15) is 0 Å². The van der Waals surface area contributed by atoms with E-state index in [0.29, 0.717) is 24.5 Å². The first-order chi connectivity index (χ1) is 20.9. The molecule has 2 N–H and O–H groups in total. The highest BCUT2D eigenvalue weighted by Crippen LogP contribution is 2.43. The number of H-pyrrole nitrogens is 1. The third-order valence-electron chi connectivity index (χ3n) is 7.59. The molecule has 0 spiro atoms. The molecule has 43 heavy (non-hydrogen) atoms. The van der Waals surface area contributed by atoms with Crippen molar-refractivity contribution in [2.45, 2.75) is 43.5 Å². The van der Waals surface area contributed by atoms with Crippen LogP contribution >= 0.6 is 0 Å². The van der Waals surface area contributed by atoms with E-state index < -0.39 is 41.4 Å². The van der Waals surface area contributed by atoms with Gasteiger partial charge in [0.25, 0.3) is 5.56 Å². The summed E-state index contributed by atoms with van der Waals surface area (Å²) in [5.74, 6) is 1.39. The normalized spacial score (nSPS) is 20.2. The standard InChI is InChI=1S/C33H36N2O8/c1-4-20-41-30-29(37)27(43-31(30)35-19-18-28(36)34-32(35)38)21-42-33(22-8-6-5-7-9-22,23-10-14-25(39-2)15-11-23)24-12-16-26(40-3)17-13-24/h5-19,27,29-31,37H,4,20-21H2,1-3H3,(H,34,36,38)/t27-,29?,30?,31-/m0/s1.